The van der Waals surface area contributed by atoms with Gasteiger partial charge in [0.15, 0.2) is 0 Å². The number of hydrogen-bond donors (Lipinski definition) is 0. The summed E-state index contributed by atoms with van der Waals surface area (Å²) in [7, 11) is 1.74. The van der Waals surface area contributed by atoms with Crippen LogP contribution in [0.15, 0.2) is 53.8 Å². The summed E-state index contributed by atoms with van der Waals surface area (Å²) in [6.45, 7) is 0.444. The summed E-state index contributed by atoms with van der Waals surface area (Å²) < 4.78 is 0. The van der Waals surface area contributed by atoms with Gasteiger partial charge in [-0.1, -0.05) is 41.0 Å². The minimum Gasteiger partial charge on any atom is -0.382 e. The van der Waals surface area contributed by atoms with E-state index < -0.39 is 6.10 Å². The maximum atomic E-state index is 12.5. The summed E-state index contributed by atoms with van der Waals surface area (Å²) in [6, 6.07) is 13.2. The van der Waals surface area contributed by atoms with Crippen molar-refractivity contribution in [3.8, 4) is 0 Å². The molecule has 1 atom stereocenters. The molecule has 2 aromatic rings. The van der Waals surface area contributed by atoms with Crippen molar-refractivity contribution in [3.63, 3.8) is 0 Å². The molecule has 0 saturated heterocycles. The highest BCUT2D eigenvalue weighted by Crippen LogP contribution is 2.21. The van der Waals surface area contributed by atoms with E-state index in [9.17, 15) is 4.79 Å². The molecule has 0 radical (unpaired) electrons. The first-order chi connectivity index (χ1) is 11.6. The molecule has 1 aliphatic rings. The first-order valence-corrected chi connectivity index (χ1v) is 8.11. The fraction of sp³-hybridized carbons (Fsp3) is 0.278. The Kier molecular flexibility index (Phi) is 5.11. The van der Waals surface area contributed by atoms with Gasteiger partial charge in [0.05, 0.1) is 18.0 Å². The summed E-state index contributed by atoms with van der Waals surface area (Å²) in [5.41, 5.74) is 2.65. The predicted molar refractivity (Wildman–Crippen MR) is 92.8 cm³/mol. The lowest BCUT2D eigenvalue weighted by Gasteiger charge is -2.19. The molecule has 0 spiro atoms. The number of aromatic nitrogens is 1. The predicted octanol–water partition coefficient (Wildman–Crippen LogP) is 3.08. The monoisotopic (exact) mass is 343 g/mol. The van der Waals surface area contributed by atoms with Gasteiger partial charge in [0, 0.05) is 31.1 Å². The van der Waals surface area contributed by atoms with Gasteiger partial charge in [-0.15, -0.1) is 0 Å². The molecule has 124 valence electrons. The Hall–Kier alpha value is -2.40. The van der Waals surface area contributed by atoms with Gasteiger partial charge in [-0.25, -0.2) is 0 Å². The van der Waals surface area contributed by atoms with Gasteiger partial charge in [-0.05, 0) is 23.8 Å². The van der Waals surface area contributed by atoms with Crippen molar-refractivity contribution in [2.45, 2.75) is 25.5 Å². The lowest BCUT2D eigenvalue weighted by molar-refractivity contribution is -0.141. The zero-order valence-electron chi connectivity index (χ0n) is 13.4. The Balaban J connectivity index is 1.56. The molecule has 2 heterocycles. The number of carbonyl (C=O) groups is 1. The topological polar surface area (TPSA) is 54.8 Å². The highest BCUT2D eigenvalue weighted by molar-refractivity contribution is 6.31. The number of carbonyl (C=O) groups excluding carboxylic acids is 1. The van der Waals surface area contributed by atoms with Gasteiger partial charge in [-0.2, -0.15) is 0 Å². The first kappa shape index (κ1) is 16.5. The highest BCUT2D eigenvalue weighted by atomic mass is 35.5. The Morgan fingerprint density at radius 2 is 2.08 bits per heavy atom. The van der Waals surface area contributed by atoms with Gasteiger partial charge < -0.3 is 9.74 Å². The van der Waals surface area contributed by atoms with Crippen LogP contribution in [0.25, 0.3) is 0 Å². The molecule has 0 N–H and O–H groups in total. The zero-order valence-corrected chi connectivity index (χ0v) is 14.1. The van der Waals surface area contributed by atoms with Crippen LogP contribution in [-0.2, 0) is 22.6 Å². The minimum atomic E-state index is -0.573. The quantitative estimate of drug-likeness (QED) is 0.838. The molecule has 0 fully saturated rings. The number of likely N-dealkylation sites (N-methyl/N-ethyl adjacent to an activating group) is 1. The Labute approximate surface area is 145 Å². The van der Waals surface area contributed by atoms with E-state index in [4.69, 9.17) is 16.4 Å². The van der Waals surface area contributed by atoms with Crippen LogP contribution in [0.1, 0.15) is 17.7 Å². The van der Waals surface area contributed by atoms with Gasteiger partial charge in [0.1, 0.15) is 0 Å². The molecule has 6 heteroatoms. The van der Waals surface area contributed by atoms with Gasteiger partial charge in [0.25, 0.3) is 5.91 Å². The lowest BCUT2D eigenvalue weighted by atomic mass is 10.0. The van der Waals surface area contributed by atoms with E-state index >= 15 is 0 Å². The van der Waals surface area contributed by atoms with E-state index in [1.807, 2.05) is 42.5 Å². The van der Waals surface area contributed by atoms with Crippen LogP contribution in [0.5, 0.6) is 0 Å². The largest absolute Gasteiger partial charge is 0.382 e. The van der Waals surface area contributed by atoms with Crippen LogP contribution < -0.4 is 0 Å². The number of amides is 1. The number of nitrogens with zero attached hydrogens (tertiary/aromatic N) is 3. The second-order valence-electron chi connectivity index (χ2n) is 5.74. The zero-order chi connectivity index (χ0) is 16.9. The summed E-state index contributed by atoms with van der Waals surface area (Å²) in [5, 5.41) is 4.76. The fourth-order valence-corrected chi connectivity index (χ4v) is 2.79. The van der Waals surface area contributed by atoms with E-state index in [2.05, 4.69) is 10.1 Å². The smallest absolute Gasteiger partial charge is 0.266 e. The third-order valence-electron chi connectivity index (χ3n) is 3.86. The summed E-state index contributed by atoms with van der Waals surface area (Å²) in [6.07, 6.45) is 2.21. The van der Waals surface area contributed by atoms with Crippen LogP contribution >= 0.6 is 11.6 Å². The van der Waals surface area contributed by atoms with E-state index in [0.29, 0.717) is 24.4 Å². The van der Waals surface area contributed by atoms with Crippen LogP contribution in [0.2, 0.25) is 5.02 Å². The van der Waals surface area contributed by atoms with Gasteiger partial charge in [-0.3, -0.25) is 9.78 Å². The second kappa shape index (κ2) is 7.45. The Morgan fingerprint density at radius 3 is 2.83 bits per heavy atom. The van der Waals surface area contributed by atoms with E-state index in [-0.39, 0.29) is 5.91 Å². The Morgan fingerprint density at radius 1 is 1.29 bits per heavy atom. The van der Waals surface area contributed by atoms with Crippen molar-refractivity contribution in [1.29, 1.82) is 0 Å². The second-order valence-corrected chi connectivity index (χ2v) is 6.15. The fourth-order valence-electron chi connectivity index (χ4n) is 2.58. The molecule has 1 aromatic heterocycles. The number of rotatable bonds is 5. The van der Waals surface area contributed by atoms with Crippen LogP contribution in [-0.4, -0.2) is 34.7 Å². The third-order valence-corrected chi connectivity index (χ3v) is 4.23. The van der Waals surface area contributed by atoms with Crippen molar-refractivity contribution >= 4 is 23.2 Å². The van der Waals surface area contributed by atoms with E-state index in [1.165, 1.54) is 0 Å². The molecule has 24 heavy (non-hydrogen) atoms. The molecule has 0 aliphatic carbocycles. The number of hydrogen-bond acceptors (Lipinski definition) is 4. The van der Waals surface area contributed by atoms with Crippen LogP contribution in [0.4, 0.5) is 0 Å². The number of halogens is 1. The SMILES string of the molecule is CN(Cc1ccccn1)C(=O)[C@H]1CC(Cc2ccccc2Cl)=NO1. The average molecular weight is 344 g/mol. The van der Waals surface area contributed by atoms with Gasteiger partial charge in [0.2, 0.25) is 6.10 Å². The molecule has 1 amide bonds. The maximum absolute atomic E-state index is 12.5. The summed E-state index contributed by atoms with van der Waals surface area (Å²) >= 11 is 6.16. The molecule has 3 rings (SSSR count). The average Bonchev–Trinajstić information content (AvgIpc) is 3.05. The van der Waals surface area contributed by atoms with Gasteiger partial charge >= 0.3 is 0 Å². The van der Waals surface area contributed by atoms with Crippen molar-refractivity contribution in [2.75, 3.05) is 7.05 Å². The first-order valence-electron chi connectivity index (χ1n) is 7.73. The lowest BCUT2D eigenvalue weighted by Crippen LogP contribution is -2.36. The van der Waals surface area contributed by atoms with E-state index in [1.54, 1.807) is 18.1 Å². The molecule has 0 bridgehead atoms. The number of pyridine rings is 1. The third kappa shape index (κ3) is 3.92. The highest BCUT2D eigenvalue weighted by Gasteiger charge is 2.30. The van der Waals surface area contributed by atoms with E-state index in [0.717, 1.165) is 17.0 Å². The number of benzene rings is 1. The normalized spacial score (nSPS) is 16.4. The molecule has 1 aromatic carbocycles. The maximum Gasteiger partial charge on any atom is 0.266 e. The molecule has 5 nitrogen and oxygen atoms in total. The van der Waals surface area contributed by atoms with Crippen LogP contribution in [0, 0.1) is 0 Å². The standard InChI is InChI=1S/C18H18ClN3O2/c1-22(12-14-7-4-5-9-20-14)18(23)17-11-15(21-24-17)10-13-6-2-3-8-16(13)19/h2-9,17H,10-12H2,1H3/t17-/m1/s1. The van der Waals surface area contributed by atoms with Crippen LogP contribution in [0.3, 0.4) is 0 Å². The number of oxime groups is 1. The van der Waals surface area contributed by atoms with Crippen molar-refractivity contribution < 1.29 is 9.63 Å². The Bertz CT molecular complexity index is 749. The molecular weight excluding hydrogens is 326 g/mol. The minimum absolute atomic E-state index is 0.0986. The molecule has 1 aliphatic heterocycles. The molecular formula is C18H18ClN3O2. The molecule has 0 saturated carbocycles. The van der Waals surface area contributed by atoms with Crippen molar-refractivity contribution in [1.82, 2.24) is 9.88 Å². The summed E-state index contributed by atoms with van der Waals surface area (Å²) in [5.74, 6) is -0.0986. The molecule has 0 unspecified atom stereocenters. The van der Waals surface area contributed by atoms with Crippen molar-refractivity contribution in [3.05, 3.63) is 64.9 Å². The van der Waals surface area contributed by atoms with Crippen molar-refractivity contribution in [2.24, 2.45) is 5.16 Å². The summed E-state index contributed by atoms with van der Waals surface area (Å²) in [4.78, 5) is 23.7.